The van der Waals surface area contributed by atoms with Crippen molar-refractivity contribution in [2.75, 3.05) is 5.73 Å². The fraction of sp³-hybridized carbons (Fsp3) is 0. The van der Waals surface area contributed by atoms with Crippen LogP contribution >= 0.6 is 22.9 Å². The number of anilines is 1. The zero-order valence-corrected chi connectivity index (χ0v) is 7.56. The highest BCUT2D eigenvalue weighted by Gasteiger charge is 2.04. The van der Waals surface area contributed by atoms with Crippen LogP contribution in [-0.2, 0) is 0 Å². The fourth-order valence-electron chi connectivity index (χ4n) is 0.826. The smallest absolute Gasteiger partial charge is 0.174 e. The second-order valence-electron chi connectivity index (χ2n) is 1.99. The first-order valence-electron chi connectivity index (χ1n) is 2.88. The van der Waals surface area contributed by atoms with E-state index in [1.165, 1.54) is 6.33 Å². The molecule has 0 bridgehead atoms. The fourth-order valence-corrected chi connectivity index (χ4v) is 1.30. The zero-order chi connectivity index (χ0) is 7.84. The van der Waals surface area contributed by atoms with Crippen molar-refractivity contribution in [3.63, 3.8) is 0 Å². The average molecular weight is 261 g/mol. The van der Waals surface area contributed by atoms with Crippen LogP contribution in [0.25, 0.3) is 11.2 Å². The van der Waals surface area contributed by atoms with Gasteiger partial charge in [-0.2, -0.15) is 0 Å². The predicted molar refractivity (Wildman–Crippen MR) is 49.2 cm³/mol. The van der Waals surface area contributed by atoms with Crippen LogP contribution in [0.4, 0.5) is 5.82 Å². The van der Waals surface area contributed by atoms with Crippen molar-refractivity contribution in [2.45, 2.75) is 0 Å². The minimum absolute atomic E-state index is 0.422. The van der Waals surface area contributed by atoms with E-state index in [0.717, 1.165) is 5.65 Å². The third-order valence-electron chi connectivity index (χ3n) is 1.32. The van der Waals surface area contributed by atoms with Gasteiger partial charge in [0.05, 0.1) is 22.9 Å². The molecule has 2 rings (SSSR count). The van der Waals surface area contributed by atoms with Crippen LogP contribution in [0.1, 0.15) is 0 Å². The summed E-state index contributed by atoms with van der Waals surface area (Å²) in [5.74, 6) is 0.422. The predicted octanol–water partition coefficient (Wildman–Crippen LogP) is 0.607. The maximum Gasteiger partial charge on any atom is 0.174 e. The van der Waals surface area contributed by atoms with Gasteiger partial charge in [-0.15, -0.1) is 0 Å². The summed E-state index contributed by atoms with van der Waals surface area (Å²) in [6.07, 6.45) is 3.07. The number of nitrogens with zero attached hydrogens (tertiary/aromatic N) is 4. The van der Waals surface area contributed by atoms with Gasteiger partial charge < -0.3 is 5.73 Å². The maximum absolute atomic E-state index is 5.54. The van der Waals surface area contributed by atoms with Gasteiger partial charge in [0, 0.05) is 0 Å². The second kappa shape index (κ2) is 2.29. The standard InChI is InChI=1S/C5H4IN5/c6-11-2-10-3-4(7)8-1-9-5(3)11/h1-2H,(H2,7,8,9). The van der Waals surface area contributed by atoms with Crippen molar-refractivity contribution >= 4 is 39.8 Å². The Morgan fingerprint density at radius 2 is 2.18 bits per heavy atom. The number of hydrogen-bond acceptors (Lipinski definition) is 4. The molecule has 0 saturated carbocycles. The summed E-state index contributed by atoms with van der Waals surface area (Å²) in [6, 6.07) is 0. The molecule has 0 aromatic carbocycles. The van der Waals surface area contributed by atoms with E-state index in [4.69, 9.17) is 5.73 Å². The van der Waals surface area contributed by atoms with Gasteiger partial charge in [0.15, 0.2) is 17.0 Å². The lowest BCUT2D eigenvalue weighted by molar-refractivity contribution is 1.20. The highest BCUT2D eigenvalue weighted by atomic mass is 127. The molecule has 0 aliphatic rings. The zero-order valence-electron chi connectivity index (χ0n) is 5.40. The largest absolute Gasteiger partial charge is 0.382 e. The highest BCUT2D eigenvalue weighted by Crippen LogP contribution is 2.15. The molecule has 56 valence electrons. The Kier molecular flexibility index (Phi) is 1.41. The molecule has 2 heterocycles. The minimum atomic E-state index is 0.422. The molecular formula is C5H4IN5. The van der Waals surface area contributed by atoms with Gasteiger partial charge in [0.2, 0.25) is 0 Å². The van der Waals surface area contributed by atoms with Crippen molar-refractivity contribution in [3.05, 3.63) is 12.7 Å². The van der Waals surface area contributed by atoms with Gasteiger partial charge in [-0.3, -0.25) is 2.78 Å². The first-order valence-corrected chi connectivity index (χ1v) is 3.85. The van der Waals surface area contributed by atoms with Crippen LogP contribution in [0.5, 0.6) is 0 Å². The lowest BCUT2D eigenvalue weighted by Gasteiger charge is -1.91. The number of nitrogen functional groups attached to an aromatic ring is 1. The molecule has 2 aromatic rings. The molecule has 0 saturated heterocycles. The lowest BCUT2D eigenvalue weighted by Crippen LogP contribution is -1.92. The van der Waals surface area contributed by atoms with E-state index in [0.29, 0.717) is 11.3 Å². The summed E-state index contributed by atoms with van der Waals surface area (Å²) in [5.41, 5.74) is 6.94. The molecule has 0 radical (unpaired) electrons. The van der Waals surface area contributed by atoms with E-state index >= 15 is 0 Å². The van der Waals surface area contributed by atoms with Gasteiger partial charge in [-0.1, -0.05) is 0 Å². The summed E-state index contributed by atoms with van der Waals surface area (Å²) < 4.78 is 1.77. The Hall–Kier alpha value is -0.920. The Morgan fingerprint density at radius 3 is 2.91 bits per heavy atom. The van der Waals surface area contributed by atoms with Crippen molar-refractivity contribution in [1.82, 2.24) is 17.7 Å². The quantitative estimate of drug-likeness (QED) is 0.705. The Bertz CT molecular complexity index is 395. The Morgan fingerprint density at radius 1 is 1.36 bits per heavy atom. The molecule has 0 spiro atoms. The molecule has 0 atom stereocenters. The van der Waals surface area contributed by atoms with Crippen molar-refractivity contribution in [2.24, 2.45) is 0 Å². The first kappa shape index (κ1) is 6.77. The summed E-state index contributed by atoms with van der Waals surface area (Å²) in [5, 5.41) is 0. The molecule has 2 N–H and O–H groups in total. The van der Waals surface area contributed by atoms with Crippen LogP contribution in [0.3, 0.4) is 0 Å². The normalized spacial score (nSPS) is 10.6. The topological polar surface area (TPSA) is 69.6 Å². The van der Waals surface area contributed by atoms with E-state index < -0.39 is 0 Å². The first-order chi connectivity index (χ1) is 5.29. The molecule has 5 nitrogen and oxygen atoms in total. The Balaban J connectivity index is 2.94. The average Bonchev–Trinajstić information content (AvgIpc) is 2.35. The van der Waals surface area contributed by atoms with Gasteiger partial charge in [0.25, 0.3) is 0 Å². The van der Waals surface area contributed by atoms with Crippen LogP contribution < -0.4 is 5.73 Å². The number of fused-ring (bicyclic) bond motifs is 1. The summed E-state index contributed by atoms with van der Waals surface area (Å²) >= 11 is 2.08. The van der Waals surface area contributed by atoms with Crippen molar-refractivity contribution < 1.29 is 0 Å². The third kappa shape index (κ3) is 0.934. The molecule has 0 fully saturated rings. The van der Waals surface area contributed by atoms with Crippen LogP contribution in [-0.4, -0.2) is 17.7 Å². The number of hydrogen-bond donors (Lipinski definition) is 1. The number of halogens is 1. The summed E-state index contributed by atoms with van der Waals surface area (Å²) in [6.45, 7) is 0. The second-order valence-corrected chi connectivity index (χ2v) is 3.03. The SMILES string of the molecule is Nc1ncnc2c1ncn2I. The van der Waals surface area contributed by atoms with E-state index in [1.54, 1.807) is 9.11 Å². The van der Waals surface area contributed by atoms with E-state index in [1.807, 2.05) is 0 Å². The van der Waals surface area contributed by atoms with Gasteiger partial charge in [0.1, 0.15) is 12.7 Å². The lowest BCUT2D eigenvalue weighted by atomic mass is 10.5. The monoisotopic (exact) mass is 261 g/mol. The molecule has 0 unspecified atom stereocenters. The molecule has 11 heavy (non-hydrogen) atoms. The summed E-state index contributed by atoms with van der Waals surface area (Å²) in [4.78, 5) is 11.8. The molecular weight excluding hydrogens is 257 g/mol. The molecule has 0 aliphatic carbocycles. The van der Waals surface area contributed by atoms with Crippen LogP contribution in [0, 0.1) is 0 Å². The number of aromatic nitrogens is 4. The van der Waals surface area contributed by atoms with Crippen molar-refractivity contribution in [1.29, 1.82) is 0 Å². The number of rotatable bonds is 0. The molecule has 6 heteroatoms. The van der Waals surface area contributed by atoms with Gasteiger partial charge >= 0.3 is 0 Å². The van der Waals surface area contributed by atoms with E-state index in [2.05, 4.69) is 37.8 Å². The van der Waals surface area contributed by atoms with Crippen LogP contribution in [0.2, 0.25) is 0 Å². The summed E-state index contributed by atoms with van der Waals surface area (Å²) in [7, 11) is 0. The Labute approximate surface area is 76.1 Å². The third-order valence-corrected chi connectivity index (χ3v) is 2.03. The van der Waals surface area contributed by atoms with Gasteiger partial charge in [-0.25, -0.2) is 15.0 Å². The van der Waals surface area contributed by atoms with E-state index in [-0.39, 0.29) is 0 Å². The van der Waals surface area contributed by atoms with Crippen LogP contribution in [0.15, 0.2) is 12.7 Å². The van der Waals surface area contributed by atoms with E-state index in [9.17, 15) is 0 Å². The highest BCUT2D eigenvalue weighted by molar-refractivity contribution is 14.1. The van der Waals surface area contributed by atoms with Gasteiger partial charge in [-0.05, 0) is 0 Å². The molecule has 2 aromatic heterocycles. The maximum atomic E-state index is 5.54. The molecule has 0 amide bonds. The number of imidazole rings is 1. The number of nitrogens with two attached hydrogens (primary N) is 1. The van der Waals surface area contributed by atoms with Crippen molar-refractivity contribution in [3.8, 4) is 0 Å². The molecule has 0 aliphatic heterocycles. The minimum Gasteiger partial charge on any atom is -0.382 e.